The molecule has 0 aliphatic rings. The van der Waals surface area contributed by atoms with E-state index in [1.807, 2.05) is 0 Å². The Bertz CT molecular complexity index is 156. The molecule has 0 amide bonds. The van der Waals surface area contributed by atoms with Crippen LogP contribution in [0.3, 0.4) is 0 Å². The monoisotopic (exact) mass is 160 g/mol. The van der Waals surface area contributed by atoms with E-state index in [0.29, 0.717) is 0 Å². The molecule has 0 radical (unpaired) electrons. The van der Waals surface area contributed by atoms with E-state index < -0.39 is 18.2 Å². The maximum atomic E-state index is 10.1. The van der Waals surface area contributed by atoms with Gasteiger partial charge in [-0.1, -0.05) is 0 Å². The minimum absolute atomic E-state index is 0.452. The number of nitrogens with two attached hydrogens (primary N) is 2. The zero-order valence-electron chi connectivity index (χ0n) is 6.23. The number of carboxylic acids is 1. The van der Waals surface area contributed by atoms with Crippen molar-refractivity contribution in [3.8, 4) is 0 Å². The van der Waals surface area contributed by atoms with Crippen LogP contribution in [0.4, 0.5) is 0 Å². The van der Waals surface area contributed by atoms with Gasteiger partial charge in [0.25, 0.3) is 0 Å². The largest absolute Gasteiger partial charge is 0.484 e. The fourth-order valence-corrected chi connectivity index (χ4v) is 0.336. The molecule has 0 aromatic heterocycles. The predicted octanol–water partition coefficient (Wildman–Crippen LogP) is -0.767. The van der Waals surface area contributed by atoms with Crippen LogP contribution in [-0.2, 0) is 9.53 Å². The summed E-state index contributed by atoms with van der Waals surface area (Å²) >= 11 is 0. The quantitative estimate of drug-likeness (QED) is 0.370. The Balaban J connectivity index is 3.65. The second kappa shape index (κ2) is 4.70. The summed E-state index contributed by atoms with van der Waals surface area (Å²) in [5.41, 5.74) is 10.3. The average Bonchev–Trinajstić information content (AvgIpc) is 1.86. The lowest BCUT2D eigenvalue weighted by atomic mass is 10.3. The Morgan fingerprint density at radius 2 is 2.18 bits per heavy atom. The summed E-state index contributed by atoms with van der Waals surface area (Å²) in [4.78, 5) is 10.1. The fraction of sp³-hybridized carbons (Fsp3) is 0.500. The maximum Gasteiger partial charge on any atom is 0.324 e. The third kappa shape index (κ3) is 5.38. The summed E-state index contributed by atoms with van der Waals surface area (Å²) in [6, 6.07) is -1.03. The molecule has 64 valence electrons. The van der Waals surface area contributed by atoms with E-state index in [4.69, 9.17) is 21.3 Å². The Kier molecular flexibility index (Phi) is 4.24. The zero-order valence-corrected chi connectivity index (χ0v) is 6.23. The van der Waals surface area contributed by atoms with Crippen molar-refractivity contribution in [2.24, 2.45) is 11.5 Å². The molecule has 2 atom stereocenters. The van der Waals surface area contributed by atoms with Gasteiger partial charge in [-0.2, -0.15) is 0 Å². The van der Waals surface area contributed by atoms with E-state index in [-0.39, 0.29) is 0 Å². The van der Waals surface area contributed by atoms with E-state index in [1.165, 1.54) is 12.3 Å². The van der Waals surface area contributed by atoms with Crippen LogP contribution in [0.25, 0.3) is 0 Å². The zero-order chi connectivity index (χ0) is 8.85. The van der Waals surface area contributed by atoms with Gasteiger partial charge in [0.05, 0.1) is 6.26 Å². The van der Waals surface area contributed by atoms with Crippen LogP contribution in [0.15, 0.2) is 12.3 Å². The lowest BCUT2D eigenvalue weighted by Crippen LogP contribution is -2.27. The van der Waals surface area contributed by atoms with Gasteiger partial charge in [0, 0.05) is 0 Å². The van der Waals surface area contributed by atoms with Crippen molar-refractivity contribution < 1.29 is 14.6 Å². The lowest BCUT2D eigenvalue weighted by Gasteiger charge is -2.03. The molecule has 5 nitrogen and oxygen atoms in total. The molecule has 0 heterocycles. The van der Waals surface area contributed by atoms with Crippen molar-refractivity contribution in [1.82, 2.24) is 0 Å². The molecule has 0 rings (SSSR count). The van der Waals surface area contributed by atoms with Gasteiger partial charge < -0.3 is 15.6 Å². The molecule has 11 heavy (non-hydrogen) atoms. The van der Waals surface area contributed by atoms with Crippen molar-refractivity contribution in [3.63, 3.8) is 0 Å². The lowest BCUT2D eigenvalue weighted by molar-refractivity contribution is -0.137. The first-order valence-corrected chi connectivity index (χ1v) is 3.10. The number of aliphatic carboxylic acids is 1. The SMILES string of the molecule is CC(N)O/C=C/[C@H](N)C(=O)O. The first kappa shape index (κ1) is 9.93. The summed E-state index contributed by atoms with van der Waals surface area (Å²) in [6.45, 7) is 1.62. The molecule has 0 saturated carbocycles. The minimum Gasteiger partial charge on any atom is -0.484 e. The van der Waals surface area contributed by atoms with Crippen LogP contribution < -0.4 is 11.5 Å². The third-order valence-corrected chi connectivity index (χ3v) is 0.864. The number of hydrogen-bond donors (Lipinski definition) is 3. The highest BCUT2D eigenvalue weighted by atomic mass is 16.5. The van der Waals surface area contributed by atoms with Crippen LogP contribution in [0.2, 0.25) is 0 Å². The fourth-order valence-electron chi connectivity index (χ4n) is 0.336. The van der Waals surface area contributed by atoms with E-state index in [2.05, 4.69) is 0 Å². The Hall–Kier alpha value is -1.07. The Labute approximate surface area is 64.6 Å². The van der Waals surface area contributed by atoms with Crippen molar-refractivity contribution in [2.45, 2.75) is 19.2 Å². The van der Waals surface area contributed by atoms with Crippen LogP contribution in [0, 0.1) is 0 Å². The van der Waals surface area contributed by atoms with Gasteiger partial charge in [-0.3, -0.25) is 10.5 Å². The molecule has 0 bridgehead atoms. The third-order valence-electron chi connectivity index (χ3n) is 0.864. The second-order valence-electron chi connectivity index (χ2n) is 2.03. The van der Waals surface area contributed by atoms with Gasteiger partial charge in [0.1, 0.15) is 12.3 Å². The smallest absolute Gasteiger partial charge is 0.324 e. The molecule has 1 unspecified atom stereocenters. The number of rotatable bonds is 4. The Morgan fingerprint density at radius 3 is 2.55 bits per heavy atom. The highest BCUT2D eigenvalue weighted by molar-refractivity contribution is 5.75. The van der Waals surface area contributed by atoms with Crippen molar-refractivity contribution in [2.75, 3.05) is 0 Å². The molecule has 0 aliphatic carbocycles. The molecule has 0 aliphatic heterocycles. The van der Waals surface area contributed by atoms with Crippen LogP contribution in [-0.4, -0.2) is 23.3 Å². The molecule has 0 aromatic carbocycles. The van der Waals surface area contributed by atoms with E-state index in [9.17, 15) is 4.79 Å². The van der Waals surface area contributed by atoms with E-state index >= 15 is 0 Å². The van der Waals surface area contributed by atoms with Gasteiger partial charge >= 0.3 is 5.97 Å². The maximum absolute atomic E-state index is 10.1. The average molecular weight is 160 g/mol. The topological polar surface area (TPSA) is 98.6 Å². The van der Waals surface area contributed by atoms with Crippen LogP contribution >= 0.6 is 0 Å². The first-order chi connectivity index (χ1) is 5.04. The van der Waals surface area contributed by atoms with Crippen molar-refractivity contribution in [1.29, 1.82) is 0 Å². The van der Waals surface area contributed by atoms with Gasteiger partial charge in [-0.05, 0) is 13.0 Å². The van der Waals surface area contributed by atoms with Gasteiger partial charge in [-0.15, -0.1) is 0 Å². The summed E-state index contributed by atoms with van der Waals surface area (Å²) in [6.07, 6.45) is 1.95. The predicted molar refractivity (Wildman–Crippen MR) is 39.5 cm³/mol. The normalized spacial score (nSPS) is 16.3. The molecular formula is C6H12N2O3. The second-order valence-corrected chi connectivity index (χ2v) is 2.03. The van der Waals surface area contributed by atoms with Gasteiger partial charge in [-0.25, -0.2) is 0 Å². The molecule has 0 aromatic rings. The highest BCUT2D eigenvalue weighted by Crippen LogP contribution is 1.86. The van der Waals surface area contributed by atoms with E-state index in [0.717, 1.165) is 0 Å². The molecule has 0 spiro atoms. The molecule has 0 fully saturated rings. The molecular weight excluding hydrogens is 148 g/mol. The molecule has 0 saturated heterocycles. The highest BCUT2D eigenvalue weighted by Gasteiger charge is 2.05. The summed E-state index contributed by atoms with van der Waals surface area (Å²) in [7, 11) is 0. The van der Waals surface area contributed by atoms with Crippen molar-refractivity contribution in [3.05, 3.63) is 12.3 Å². The summed E-state index contributed by atoms with van der Waals surface area (Å²) in [5, 5.41) is 8.28. The molecule has 5 N–H and O–H groups in total. The summed E-state index contributed by atoms with van der Waals surface area (Å²) < 4.78 is 4.72. The van der Waals surface area contributed by atoms with Crippen LogP contribution in [0.1, 0.15) is 6.92 Å². The first-order valence-electron chi connectivity index (χ1n) is 3.10. The van der Waals surface area contributed by atoms with Gasteiger partial charge in [0.15, 0.2) is 0 Å². The number of carbonyl (C=O) groups is 1. The van der Waals surface area contributed by atoms with E-state index in [1.54, 1.807) is 6.92 Å². The van der Waals surface area contributed by atoms with Crippen molar-refractivity contribution >= 4 is 5.97 Å². The minimum atomic E-state index is -1.10. The standard InChI is InChI=1S/C6H12N2O3/c1-4(7)11-3-2-5(8)6(9)10/h2-5H,7-8H2,1H3,(H,9,10)/b3-2+/t4?,5-/m0/s1. The summed E-state index contributed by atoms with van der Waals surface area (Å²) in [5.74, 6) is -1.10. The number of ether oxygens (including phenoxy) is 1. The van der Waals surface area contributed by atoms with Crippen LogP contribution in [0.5, 0.6) is 0 Å². The number of hydrogen-bond acceptors (Lipinski definition) is 4. The number of carboxylic acid groups (broad SMARTS) is 1. The van der Waals surface area contributed by atoms with Gasteiger partial charge in [0.2, 0.25) is 0 Å². The molecule has 5 heteroatoms. The Morgan fingerprint density at radius 1 is 1.64 bits per heavy atom.